The minimum Gasteiger partial charge on any atom is -0.497 e. The quantitative estimate of drug-likeness (QED) is 0.902. The number of halogens is 1. The molecule has 1 amide bonds. The van der Waals surface area contributed by atoms with Gasteiger partial charge in [0.25, 0.3) is 5.91 Å². The van der Waals surface area contributed by atoms with Crippen molar-refractivity contribution in [3.8, 4) is 5.75 Å². The predicted molar refractivity (Wildman–Crippen MR) is 67.3 cm³/mol. The molecule has 0 atom stereocenters. The molecule has 0 unspecified atom stereocenters. The number of nitrogens with one attached hydrogen (secondary N) is 1. The second-order valence-corrected chi connectivity index (χ2v) is 3.66. The molecule has 3 nitrogen and oxygen atoms in total. The highest BCUT2D eigenvalue weighted by molar-refractivity contribution is 6.04. The molecule has 0 heterocycles. The van der Waals surface area contributed by atoms with Gasteiger partial charge in [0.15, 0.2) is 0 Å². The van der Waals surface area contributed by atoms with Crippen LogP contribution in [0.3, 0.4) is 0 Å². The first-order chi connectivity index (χ1) is 8.70. The summed E-state index contributed by atoms with van der Waals surface area (Å²) in [5.74, 6) is -0.319. The molecule has 2 aromatic rings. The van der Waals surface area contributed by atoms with E-state index in [1.165, 1.54) is 12.1 Å². The Bertz CT molecular complexity index is 552. The first-order valence-corrected chi connectivity index (χ1v) is 5.40. The monoisotopic (exact) mass is 245 g/mol. The Hall–Kier alpha value is -2.36. The average Bonchev–Trinajstić information content (AvgIpc) is 2.40. The second-order valence-electron chi connectivity index (χ2n) is 3.66. The fraction of sp³-hybridized carbons (Fsp3) is 0.0714. The maximum absolute atomic E-state index is 13.4. The topological polar surface area (TPSA) is 38.3 Å². The average molecular weight is 245 g/mol. The van der Waals surface area contributed by atoms with Crippen LogP contribution in [0.1, 0.15) is 10.4 Å². The molecule has 0 radical (unpaired) electrons. The molecular weight excluding hydrogens is 233 g/mol. The van der Waals surface area contributed by atoms with E-state index in [1.807, 2.05) is 0 Å². The Morgan fingerprint density at radius 2 is 1.78 bits per heavy atom. The summed E-state index contributed by atoms with van der Waals surface area (Å²) >= 11 is 0. The smallest absolute Gasteiger partial charge is 0.258 e. The third-order valence-corrected chi connectivity index (χ3v) is 2.47. The highest BCUT2D eigenvalue weighted by Gasteiger charge is 2.10. The van der Waals surface area contributed by atoms with E-state index in [1.54, 1.807) is 43.5 Å². The van der Waals surface area contributed by atoms with Crippen LogP contribution >= 0.6 is 0 Å². The predicted octanol–water partition coefficient (Wildman–Crippen LogP) is 3.09. The molecule has 2 rings (SSSR count). The van der Waals surface area contributed by atoms with Gasteiger partial charge in [0, 0.05) is 5.69 Å². The molecule has 2 aromatic carbocycles. The van der Waals surface area contributed by atoms with Crippen LogP contribution in [-0.2, 0) is 0 Å². The van der Waals surface area contributed by atoms with Crippen molar-refractivity contribution in [1.82, 2.24) is 0 Å². The van der Waals surface area contributed by atoms with E-state index in [2.05, 4.69) is 5.32 Å². The molecule has 0 aliphatic carbocycles. The Morgan fingerprint density at radius 1 is 1.11 bits per heavy atom. The van der Waals surface area contributed by atoms with Gasteiger partial charge in [0.1, 0.15) is 11.6 Å². The Labute approximate surface area is 104 Å². The van der Waals surface area contributed by atoms with Crippen LogP contribution in [0.2, 0.25) is 0 Å². The summed E-state index contributed by atoms with van der Waals surface area (Å²) < 4.78 is 18.4. The summed E-state index contributed by atoms with van der Waals surface area (Å²) in [6.07, 6.45) is 0. The molecule has 0 spiro atoms. The first kappa shape index (κ1) is 12.1. The minimum absolute atomic E-state index is 0.0216. The van der Waals surface area contributed by atoms with E-state index in [0.29, 0.717) is 11.4 Å². The number of carbonyl (C=O) groups excluding carboxylic acids is 1. The molecule has 0 saturated carbocycles. The molecule has 92 valence electrons. The summed E-state index contributed by atoms with van der Waals surface area (Å²) in [4.78, 5) is 11.8. The zero-order valence-electron chi connectivity index (χ0n) is 9.81. The maximum Gasteiger partial charge on any atom is 0.258 e. The molecular formula is C14H12FNO2. The van der Waals surface area contributed by atoms with Crippen LogP contribution in [0.4, 0.5) is 10.1 Å². The number of anilines is 1. The van der Waals surface area contributed by atoms with Crippen molar-refractivity contribution in [2.24, 2.45) is 0 Å². The minimum atomic E-state index is -0.538. The number of amides is 1. The van der Waals surface area contributed by atoms with Gasteiger partial charge >= 0.3 is 0 Å². The van der Waals surface area contributed by atoms with Gasteiger partial charge in [-0.2, -0.15) is 0 Å². The third-order valence-electron chi connectivity index (χ3n) is 2.47. The van der Waals surface area contributed by atoms with Gasteiger partial charge in [0.05, 0.1) is 12.7 Å². The fourth-order valence-electron chi connectivity index (χ4n) is 1.52. The third kappa shape index (κ3) is 2.66. The van der Waals surface area contributed by atoms with Crippen LogP contribution < -0.4 is 10.1 Å². The molecule has 0 aromatic heterocycles. The normalized spacial score (nSPS) is 9.89. The molecule has 0 aliphatic heterocycles. The summed E-state index contributed by atoms with van der Waals surface area (Å²) in [6, 6.07) is 12.7. The number of rotatable bonds is 3. The van der Waals surface area contributed by atoms with Gasteiger partial charge < -0.3 is 10.1 Å². The van der Waals surface area contributed by atoms with Crippen molar-refractivity contribution in [3.63, 3.8) is 0 Å². The van der Waals surface area contributed by atoms with E-state index in [9.17, 15) is 9.18 Å². The highest BCUT2D eigenvalue weighted by atomic mass is 19.1. The summed E-state index contributed by atoms with van der Waals surface area (Å²) in [5, 5.41) is 2.62. The van der Waals surface area contributed by atoms with Crippen molar-refractivity contribution >= 4 is 11.6 Å². The summed E-state index contributed by atoms with van der Waals surface area (Å²) in [7, 11) is 1.56. The van der Waals surface area contributed by atoms with Gasteiger partial charge in [-0.05, 0) is 36.4 Å². The van der Waals surface area contributed by atoms with Gasteiger partial charge in [-0.1, -0.05) is 12.1 Å². The van der Waals surface area contributed by atoms with E-state index in [-0.39, 0.29) is 5.56 Å². The molecule has 0 bridgehead atoms. The molecule has 0 aliphatic rings. The molecule has 18 heavy (non-hydrogen) atoms. The zero-order chi connectivity index (χ0) is 13.0. The van der Waals surface area contributed by atoms with Crippen LogP contribution in [0.5, 0.6) is 5.75 Å². The number of hydrogen-bond donors (Lipinski definition) is 1. The molecule has 0 fully saturated rings. The van der Waals surface area contributed by atoms with Gasteiger partial charge in [-0.15, -0.1) is 0 Å². The Morgan fingerprint density at radius 3 is 2.39 bits per heavy atom. The Kier molecular flexibility index (Phi) is 3.57. The first-order valence-electron chi connectivity index (χ1n) is 5.40. The van der Waals surface area contributed by atoms with E-state index >= 15 is 0 Å². The maximum atomic E-state index is 13.4. The molecule has 4 heteroatoms. The largest absolute Gasteiger partial charge is 0.497 e. The number of benzene rings is 2. The summed E-state index contributed by atoms with van der Waals surface area (Å²) in [5.41, 5.74) is 0.609. The number of ether oxygens (including phenoxy) is 1. The van der Waals surface area contributed by atoms with Gasteiger partial charge in [0.2, 0.25) is 0 Å². The lowest BCUT2D eigenvalue weighted by Gasteiger charge is -2.06. The van der Waals surface area contributed by atoms with Crippen molar-refractivity contribution in [2.45, 2.75) is 0 Å². The van der Waals surface area contributed by atoms with E-state index in [4.69, 9.17) is 4.74 Å². The van der Waals surface area contributed by atoms with Crippen LogP contribution in [0, 0.1) is 5.82 Å². The van der Waals surface area contributed by atoms with Crippen LogP contribution in [0.25, 0.3) is 0 Å². The lowest BCUT2D eigenvalue weighted by atomic mass is 10.2. The number of carbonyl (C=O) groups is 1. The fourth-order valence-corrected chi connectivity index (χ4v) is 1.52. The summed E-state index contributed by atoms with van der Waals surface area (Å²) in [6.45, 7) is 0. The van der Waals surface area contributed by atoms with E-state index < -0.39 is 11.7 Å². The van der Waals surface area contributed by atoms with Crippen LogP contribution in [-0.4, -0.2) is 13.0 Å². The Balaban J connectivity index is 2.14. The number of hydrogen-bond acceptors (Lipinski definition) is 2. The van der Waals surface area contributed by atoms with Crippen molar-refractivity contribution < 1.29 is 13.9 Å². The zero-order valence-corrected chi connectivity index (χ0v) is 9.81. The van der Waals surface area contributed by atoms with Crippen molar-refractivity contribution in [1.29, 1.82) is 0 Å². The lowest BCUT2D eigenvalue weighted by Crippen LogP contribution is -2.13. The lowest BCUT2D eigenvalue weighted by molar-refractivity contribution is 0.102. The molecule has 1 N–H and O–H groups in total. The van der Waals surface area contributed by atoms with Crippen molar-refractivity contribution in [2.75, 3.05) is 12.4 Å². The van der Waals surface area contributed by atoms with Crippen LogP contribution in [0.15, 0.2) is 48.5 Å². The van der Waals surface area contributed by atoms with Crippen molar-refractivity contribution in [3.05, 3.63) is 59.9 Å². The van der Waals surface area contributed by atoms with Gasteiger partial charge in [-0.25, -0.2) is 4.39 Å². The van der Waals surface area contributed by atoms with Gasteiger partial charge in [-0.3, -0.25) is 4.79 Å². The van der Waals surface area contributed by atoms with E-state index in [0.717, 1.165) is 0 Å². The molecule has 0 saturated heterocycles. The second kappa shape index (κ2) is 5.31. The highest BCUT2D eigenvalue weighted by Crippen LogP contribution is 2.16. The SMILES string of the molecule is COc1ccc(NC(=O)c2ccccc2F)cc1. The standard InChI is InChI=1S/C14H12FNO2/c1-18-11-8-6-10(7-9-11)16-14(17)12-4-2-3-5-13(12)15/h2-9H,1H3,(H,16,17). The number of methoxy groups -OCH3 is 1.